The van der Waals surface area contributed by atoms with Crippen LogP contribution in [0.2, 0.25) is 0 Å². The van der Waals surface area contributed by atoms with Crippen molar-refractivity contribution < 1.29 is 4.58 Å². The Balaban J connectivity index is 1.39. The third kappa shape index (κ3) is 3.91. The number of likely N-dealkylation sites (N-methyl/N-ethyl adjacent to an activating group) is 1. The van der Waals surface area contributed by atoms with Crippen LogP contribution in [-0.2, 0) is 10.8 Å². The summed E-state index contributed by atoms with van der Waals surface area (Å²) in [4.78, 5) is 2.33. The Hall–Kier alpha value is -2.58. The van der Waals surface area contributed by atoms with E-state index in [9.17, 15) is 0 Å². The van der Waals surface area contributed by atoms with E-state index in [0.29, 0.717) is 0 Å². The fourth-order valence-electron chi connectivity index (χ4n) is 6.58. The van der Waals surface area contributed by atoms with Crippen LogP contribution in [0.1, 0.15) is 70.9 Å². The minimum atomic E-state index is -0.0135. The largest absolute Gasteiger partial charge is 0.347 e. The fraction of sp³-hybridized carbons (Fsp3) is 0.406. The van der Waals surface area contributed by atoms with Crippen molar-refractivity contribution in [1.29, 1.82) is 0 Å². The Labute approximate surface area is 216 Å². The lowest BCUT2D eigenvalue weighted by Crippen LogP contribution is -2.28. The summed E-state index contributed by atoms with van der Waals surface area (Å²) in [6, 6.07) is 17.6. The van der Waals surface area contributed by atoms with Crippen molar-refractivity contribution in [2.45, 2.75) is 70.6 Å². The van der Waals surface area contributed by atoms with Crippen LogP contribution in [-0.4, -0.2) is 24.4 Å². The summed E-state index contributed by atoms with van der Waals surface area (Å²) >= 11 is 7.06. The highest BCUT2D eigenvalue weighted by atomic mass is 35.5. The van der Waals surface area contributed by atoms with Crippen LogP contribution < -0.4 is 4.90 Å². The number of rotatable bonds is 4. The Morgan fingerprint density at radius 1 is 0.886 bits per heavy atom. The molecule has 0 bridgehead atoms. The lowest BCUT2D eigenvalue weighted by atomic mass is 9.79. The Kier molecular flexibility index (Phi) is 6.08. The monoisotopic (exact) mass is 485 g/mol. The van der Waals surface area contributed by atoms with Crippen LogP contribution in [0, 0.1) is 0 Å². The second kappa shape index (κ2) is 8.82. The number of hydrogen-bond acceptors (Lipinski definition) is 1. The summed E-state index contributed by atoms with van der Waals surface area (Å²) in [5.74, 6) is 0. The number of para-hydroxylation sites is 2. The number of hydrogen-bond donors (Lipinski definition) is 0. The van der Waals surface area contributed by atoms with Gasteiger partial charge in [0.1, 0.15) is 7.05 Å². The zero-order valence-electron chi connectivity index (χ0n) is 22.1. The van der Waals surface area contributed by atoms with E-state index in [4.69, 9.17) is 11.6 Å². The zero-order valence-corrected chi connectivity index (χ0v) is 22.8. The van der Waals surface area contributed by atoms with Gasteiger partial charge in [-0.25, -0.2) is 4.58 Å². The standard InChI is InChI=1S/C32H38ClN2/c1-31(2)24-14-7-9-16-26(24)34(5)28(31)20-18-22-12-11-13-23(30(22)33)19-21-29-32(3,4)25-15-8-10-17-27(25)35(29)6/h7-10,14-18,20H,11-13,19,21H2,1-6H3/q+1. The molecule has 0 unspecified atom stereocenters. The fourth-order valence-corrected chi connectivity index (χ4v) is 6.92. The molecule has 2 aromatic rings. The summed E-state index contributed by atoms with van der Waals surface area (Å²) in [5, 5.41) is 1.00. The topological polar surface area (TPSA) is 6.25 Å². The summed E-state index contributed by atoms with van der Waals surface area (Å²) < 4.78 is 2.41. The molecule has 3 heteroatoms. The van der Waals surface area contributed by atoms with Gasteiger partial charge >= 0.3 is 0 Å². The number of anilines is 1. The first-order chi connectivity index (χ1) is 16.6. The van der Waals surface area contributed by atoms with Gasteiger partial charge in [0.05, 0.1) is 5.41 Å². The number of nitrogens with zero attached hydrogens (tertiary/aromatic N) is 2. The highest BCUT2D eigenvalue weighted by Gasteiger charge is 2.43. The maximum absolute atomic E-state index is 7.06. The minimum absolute atomic E-state index is 0.0135. The van der Waals surface area contributed by atoms with Crippen molar-refractivity contribution in [3.63, 3.8) is 0 Å². The number of allylic oxidation sites excluding steroid dienone is 6. The molecule has 0 amide bonds. The lowest BCUT2D eigenvalue weighted by molar-refractivity contribution is -0.404. The van der Waals surface area contributed by atoms with E-state index in [1.165, 1.54) is 51.5 Å². The van der Waals surface area contributed by atoms with Gasteiger partial charge in [-0.05, 0) is 62.8 Å². The summed E-state index contributed by atoms with van der Waals surface area (Å²) in [7, 11) is 4.39. The molecule has 0 spiro atoms. The molecule has 182 valence electrons. The number of fused-ring (bicyclic) bond motifs is 2. The lowest BCUT2D eigenvalue weighted by Gasteiger charge is -2.24. The maximum Gasteiger partial charge on any atom is 0.209 e. The summed E-state index contributed by atoms with van der Waals surface area (Å²) in [6.07, 6.45) is 10.00. The van der Waals surface area contributed by atoms with E-state index in [1.54, 1.807) is 0 Å². The highest BCUT2D eigenvalue weighted by molar-refractivity contribution is 6.32. The number of benzene rings is 2. The molecule has 3 aliphatic rings. The van der Waals surface area contributed by atoms with E-state index < -0.39 is 0 Å². The molecule has 0 fully saturated rings. The molecule has 0 N–H and O–H groups in total. The van der Waals surface area contributed by atoms with Crippen molar-refractivity contribution in [2.75, 3.05) is 19.0 Å². The molecule has 0 aromatic heterocycles. The molecule has 2 aromatic carbocycles. The second-order valence-electron chi connectivity index (χ2n) is 11.4. The van der Waals surface area contributed by atoms with Gasteiger partial charge in [-0.15, -0.1) is 0 Å². The maximum atomic E-state index is 7.06. The normalized spacial score (nSPS) is 22.9. The summed E-state index contributed by atoms with van der Waals surface area (Å²) in [6.45, 7) is 9.35. The Morgan fingerprint density at radius 3 is 2.29 bits per heavy atom. The molecule has 2 nitrogen and oxygen atoms in total. The average Bonchev–Trinajstić information content (AvgIpc) is 3.16. The molecule has 2 aliphatic heterocycles. The Morgan fingerprint density at radius 2 is 1.57 bits per heavy atom. The molecular formula is C32H38ClN2+. The third-order valence-electron chi connectivity index (χ3n) is 8.63. The molecule has 2 heterocycles. The molecule has 0 saturated carbocycles. The van der Waals surface area contributed by atoms with E-state index in [1.807, 2.05) is 0 Å². The van der Waals surface area contributed by atoms with Crippen LogP contribution in [0.15, 0.2) is 82.6 Å². The summed E-state index contributed by atoms with van der Waals surface area (Å²) in [5.41, 5.74) is 11.0. The first kappa shape index (κ1) is 24.1. The molecular weight excluding hydrogens is 448 g/mol. The Bertz CT molecular complexity index is 1300. The van der Waals surface area contributed by atoms with Crippen molar-refractivity contribution in [2.24, 2.45) is 0 Å². The van der Waals surface area contributed by atoms with Gasteiger partial charge in [-0.1, -0.05) is 73.5 Å². The average molecular weight is 486 g/mol. The van der Waals surface area contributed by atoms with E-state index in [2.05, 4.69) is 112 Å². The molecule has 0 radical (unpaired) electrons. The minimum Gasteiger partial charge on any atom is -0.347 e. The van der Waals surface area contributed by atoms with Crippen molar-refractivity contribution in [1.82, 2.24) is 0 Å². The predicted octanol–water partition coefficient (Wildman–Crippen LogP) is 8.39. The van der Waals surface area contributed by atoms with Crippen molar-refractivity contribution in [3.05, 3.63) is 93.7 Å². The molecule has 0 atom stereocenters. The third-order valence-corrected chi connectivity index (χ3v) is 9.14. The van der Waals surface area contributed by atoms with Crippen LogP contribution in [0.25, 0.3) is 0 Å². The molecule has 35 heavy (non-hydrogen) atoms. The quantitative estimate of drug-likeness (QED) is 0.394. The zero-order chi connectivity index (χ0) is 25.0. The second-order valence-corrected chi connectivity index (χ2v) is 11.7. The van der Waals surface area contributed by atoms with Crippen molar-refractivity contribution >= 4 is 28.7 Å². The molecule has 5 rings (SSSR count). The van der Waals surface area contributed by atoms with E-state index in [-0.39, 0.29) is 10.8 Å². The molecule has 0 saturated heterocycles. The van der Waals surface area contributed by atoms with E-state index in [0.717, 1.165) is 30.7 Å². The van der Waals surface area contributed by atoms with E-state index >= 15 is 0 Å². The smallest absolute Gasteiger partial charge is 0.209 e. The van der Waals surface area contributed by atoms with Crippen LogP contribution in [0.4, 0.5) is 11.4 Å². The highest BCUT2D eigenvalue weighted by Crippen LogP contribution is 2.47. The van der Waals surface area contributed by atoms with Gasteiger partial charge in [0.2, 0.25) is 5.69 Å². The van der Waals surface area contributed by atoms with Gasteiger partial charge in [-0.2, -0.15) is 0 Å². The van der Waals surface area contributed by atoms with Gasteiger partial charge in [-0.3, -0.25) is 0 Å². The predicted molar refractivity (Wildman–Crippen MR) is 150 cm³/mol. The number of halogens is 1. The first-order valence-corrected chi connectivity index (χ1v) is 13.3. The molecule has 1 aliphatic carbocycles. The van der Waals surface area contributed by atoms with Crippen molar-refractivity contribution in [3.8, 4) is 0 Å². The van der Waals surface area contributed by atoms with Crippen LogP contribution in [0.5, 0.6) is 0 Å². The van der Waals surface area contributed by atoms with Crippen LogP contribution >= 0.6 is 11.6 Å². The van der Waals surface area contributed by atoms with Gasteiger partial charge < -0.3 is 4.90 Å². The van der Waals surface area contributed by atoms with Crippen LogP contribution in [0.3, 0.4) is 0 Å². The SMILES string of the molecule is CN1C(=CC=C2CCCC(CCC3=[N+](C)c4ccccc4C3(C)C)=C2Cl)C(C)(C)c2ccccc21. The first-order valence-electron chi connectivity index (χ1n) is 13.0. The van der Waals surface area contributed by atoms with Gasteiger partial charge in [0, 0.05) is 46.9 Å². The van der Waals surface area contributed by atoms with Gasteiger partial charge in [0.15, 0.2) is 5.71 Å². The van der Waals surface area contributed by atoms with Gasteiger partial charge in [0.25, 0.3) is 0 Å².